The van der Waals surface area contributed by atoms with Gasteiger partial charge in [-0.1, -0.05) is 11.6 Å². The summed E-state index contributed by atoms with van der Waals surface area (Å²) in [4.78, 5) is 4.43. The summed E-state index contributed by atoms with van der Waals surface area (Å²) >= 11 is 0. The fourth-order valence-electron chi connectivity index (χ4n) is 2.31. The molecule has 1 saturated carbocycles. The van der Waals surface area contributed by atoms with E-state index in [1.165, 1.54) is 12.8 Å². The monoisotopic (exact) mass is 225 g/mol. The summed E-state index contributed by atoms with van der Waals surface area (Å²) in [6.07, 6.45) is 4.28. The minimum absolute atomic E-state index is 0.383. The van der Waals surface area contributed by atoms with Gasteiger partial charge in [-0.3, -0.25) is 0 Å². The van der Waals surface area contributed by atoms with E-state index in [0.29, 0.717) is 18.6 Å². The van der Waals surface area contributed by atoms with Gasteiger partial charge in [0.1, 0.15) is 0 Å². The molecule has 0 radical (unpaired) electrons. The Kier molecular flexibility index (Phi) is 3.90. The van der Waals surface area contributed by atoms with E-state index >= 15 is 0 Å². The van der Waals surface area contributed by atoms with Crippen molar-refractivity contribution in [1.82, 2.24) is 15.5 Å². The third-order valence-corrected chi connectivity index (χ3v) is 3.22. The maximum Gasteiger partial charge on any atom is 0.231 e. The highest BCUT2D eigenvalue weighted by Crippen LogP contribution is 2.33. The molecular weight excluding hydrogens is 206 g/mol. The Labute approximate surface area is 95.6 Å². The molecule has 2 rings (SSSR count). The van der Waals surface area contributed by atoms with Crippen LogP contribution in [0.1, 0.15) is 36.9 Å². The van der Waals surface area contributed by atoms with Gasteiger partial charge in [0, 0.05) is 19.6 Å². The summed E-state index contributed by atoms with van der Waals surface area (Å²) in [6, 6.07) is 0.482. The first-order valence-electron chi connectivity index (χ1n) is 5.84. The van der Waals surface area contributed by atoms with E-state index in [-0.39, 0.29) is 0 Å². The highest BCUT2D eigenvalue weighted by atomic mass is 16.5. The maximum atomic E-state index is 5.32. The molecule has 0 aliphatic heterocycles. The van der Waals surface area contributed by atoms with Gasteiger partial charge in [-0.2, -0.15) is 4.98 Å². The van der Waals surface area contributed by atoms with Gasteiger partial charge in [0.05, 0.1) is 12.5 Å². The van der Waals surface area contributed by atoms with Crippen LogP contribution in [0.25, 0.3) is 0 Å². The molecule has 1 N–H and O–H groups in total. The quantitative estimate of drug-likeness (QED) is 0.813. The Hall–Kier alpha value is -0.940. The third-order valence-electron chi connectivity index (χ3n) is 3.22. The number of rotatable bonds is 5. The van der Waals surface area contributed by atoms with Crippen molar-refractivity contribution in [3.8, 4) is 0 Å². The van der Waals surface area contributed by atoms with Crippen molar-refractivity contribution in [3.63, 3.8) is 0 Å². The number of methoxy groups -OCH3 is 1. The highest BCUT2D eigenvalue weighted by molar-refractivity contribution is 5.02. The lowest BCUT2D eigenvalue weighted by atomic mass is 10.0. The molecule has 16 heavy (non-hydrogen) atoms. The zero-order valence-corrected chi connectivity index (χ0v) is 9.90. The second-order valence-electron chi connectivity index (χ2n) is 4.22. The molecule has 0 unspecified atom stereocenters. The van der Waals surface area contributed by atoms with Crippen LogP contribution in [0, 0.1) is 0 Å². The Balaban J connectivity index is 2.00. The molecule has 1 aliphatic carbocycles. The van der Waals surface area contributed by atoms with Crippen LogP contribution in [0.5, 0.6) is 0 Å². The van der Waals surface area contributed by atoms with E-state index in [1.807, 2.05) is 7.05 Å². The lowest BCUT2D eigenvalue weighted by molar-refractivity contribution is 0.199. The molecule has 1 fully saturated rings. The summed E-state index contributed by atoms with van der Waals surface area (Å²) < 4.78 is 10.3. The van der Waals surface area contributed by atoms with Gasteiger partial charge in [0.2, 0.25) is 5.89 Å². The van der Waals surface area contributed by atoms with Crippen molar-refractivity contribution in [2.24, 2.45) is 0 Å². The molecule has 1 aromatic rings. The number of aromatic nitrogens is 2. The first-order chi connectivity index (χ1) is 7.85. The molecule has 5 nitrogen and oxygen atoms in total. The van der Waals surface area contributed by atoms with Gasteiger partial charge in [0.25, 0.3) is 0 Å². The Morgan fingerprint density at radius 2 is 2.38 bits per heavy atom. The zero-order chi connectivity index (χ0) is 11.4. The SMILES string of the molecule is CN[C@@H]1CCC[C@H]1c1nc(CCOC)no1. The molecule has 1 aromatic heterocycles. The number of likely N-dealkylation sites (N-methyl/N-ethyl adjacent to an activating group) is 1. The predicted octanol–water partition coefficient (Wildman–Crippen LogP) is 1.11. The molecule has 0 spiro atoms. The van der Waals surface area contributed by atoms with Crippen molar-refractivity contribution in [1.29, 1.82) is 0 Å². The largest absolute Gasteiger partial charge is 0.384 e. The molecule has 90 valence electrons. The van der Waals surface area contributed by atoms with Crippen LogP contribution in [0.15, 0.2) is 4.52 Å². The molecule has 0 bridgehead atoms. The molecule has 1 aliphatic rings. The first-order valence-corrected chi connectivity index (χ1v) is 5.84. The number of hydrogen-bond donors (Lipinski definition) is 1. The van der Waals surface area contributed by atoms with E-state index in [2.05, 4.69) is 15.5 Å². The summed E-state index contributed by atoms with van der Waals surface area (Å²) in [5, 5.41) is 7.29. The second-order valence-corrected chi connectivity index (χ2v) is 4.22. The zero-order valence-electron chi connectivity index (χ0n) is 9.90. The predicted molar refractivity (Wildman–Crippen MR) is 59.3 cm³/mol. The van der Waals surface area contributed by atoms with Gasteiger partial charge < -0.3 is 14.6 Å². The standard InChI is InChI=1S/C11H19N3O2/c1-12-9-5-3-4-8(9)11-13-10(14-16-11)6-7-15-2/h8-9,12H,3-7H2,1-2H3/t8-,9-/m1/s1. The van der Waals surface area contributed by atoms with Crippen LogP contribution in [-0.2, 0) is 11.2 Å². The summed E-state index contributed by atoms with van der Waals surface area (Å²) in [5.41, 5.74) is 0. The molecule has 0 amide bonds. The minimum Gasteiger partial charge on any atom is -0.384 e. The van der Waals surface area contributed by atoms with Crippen LogP contribution >= 0.6 is 0 Å². The van der Waals surface area contributed by atoms with E-state index in [1.54, 1.807) is 7.11 Å². The summed E-state index contributed by atoms with van der Waals surface area (Å²) in [5.74, 6) is 1.91. The number of nitrogens with one attached hydrogen (secondary N) is 1. The average Bonchev–Trinajstić information content (AvgIpc) is 2.94. The fraction of sp³-hybridized carbons (Fsp3) is 0.818. The maximum absolute atomic E-state index is 5.32. The molecule has 0 aromatic carbocycles. The first kappa shape index (κ1) is 11.5. The Morgan fingerprint density at radius 3 is 3.12 bits per heavy atom. The van der Waals surface area contributed by atoms with E-state index in [0.717, 1.165) is 24.6 Å². The van der Waals surface area contributed by atoms with E-state index < -0.39 is 0 Å². The lowest BCUT2D eigenvalue weighted by Crippen LogP contribution is -2.27. The van der Waals surface area contributed by atoms with E-state index in [9.17, 15) is 0 Å². The summed E-state index contributed by atoms with van der Waals surface area (Å²) in [6.45, 7) is 0.638. The van der Waals surface area contributed by atoms with Gasteiger partial charge >= 0.3 is 0 Å². The second kappa shape index (κ2) is 5.41. The summed E-state index contributed by atoms with van der Waals surface area (Å²) in [7, 11) is 3.67. The fourth-order valence-corrected chi connectivity index (χ4v) is 2.31. The average molecular weight is 225 g/mol. The van der Waals surface area contributed by atoms with Crippen LogP contribution in [0.2, 0.25) is 0 Å². The highest BCUT2D eigenvalue weighted by Gasteiger charge is 2.31. The minimum atomic E-state index is 0.383. The van der Waals surface area contributed by atoms with Crippen molar-refractivity contribution >= 4 is 0 Å². The smallest absolute Gasteiger partial charge is 0.231 e. The Bertz CT molecular complexity index is 327. The van der Waals surface area contributed by atoms with Gasteiger partial charge in [-0.05, 0) is 19.9 Å². The number of hydrogen-bond acceptors (Lipinski definition) is 5. The van der Waals surface area contributed by atoms with Crippen molar-refractivity contribution in [2.75, 3.05) is 20.8 Å². The van der Waals surface area contributed by atoms with Crippen LogP contribution in [0.4, 0.5) is 0 Å². The van der Waals surface area contributed by atoms with Crippen molar-refractivity contribution in [3.05, 3.63) is 11.7 Å². The molecule has 1 heterocycles. The molecular formula is C11H19N3O2. The van der Waals surface area contributed by atoms with Crippen molar-refractivity contribution < 1.29 is 9.26 Å². The van der Waals surface area contributed by atoms with Crippen LogP contribution in [0.3, 0.4) is 0 Å². The van der Waals surface area contributed by atoms with Crippen LogP contribution < -0.4 is 5.32 Å². The van der Waals surface area contributed by atoms with Gasteiger partial charge in [-0.25, -0.2) is 0 Å². The van der Waals surface area contributed by atoms with Crippen LogP contribution in [-0.4, -0.2) is 36.9 Å². The lowest BCUT2D eigenvalue weighted by Gasteiger charge is -2.14. The van der Waals surface area contributed by atoms with Gasteiger partial charge in [0.15, 0.2) is 5.82 Å². The van der Waals surface area contributed by atoms with Crippen molar-refractivity contribution in [2.45, 2.75) is 37.6 Å². The molecule has 2 atom stereocenters. The number of ether oxygens (including phenoxy) is 1. The third kappa shape index (κ3) is 2.41. The van der Waals surface area contributed by atoms with Gasteiger partial charge in [-0.15, -0.1) is 0 Å². The topological polar surface area (TPSA) is 60.2 Å². The normalized spacial score (nSPS) is 25.1. The molecule has 5 heteroatoms. The number of nitrogens with zero attached hydrogens (tertiary/aromatic N) is 2. The molecule has 0 saturated heterocycles. The van der Waals surface area contributed by atoms with E-state index in [4.69, 9.17) is 9.26 Å². The Morgan fingerprint density at radius 1 is 1.50 bits per heavy atom.